The molecule has 1 atom stereocenters. The molecule has 0 radical (unpaired) electrons. The molecule has 0 aromatic heterocycles. The van der Waals surface area contributed by atoms with E-state index in [9.17, 15) is 4.79 Å². The zero-order valence-corrected chi connectivity index (χ0v) is 18.4. The quantitative estimate of drug-likeness (QED) is 0.571. The lowest BCUT2D eigenvalue weighted by Crippen LogP contribution is -2.32. The number of primary amides is 1. The van der Waals surface area contributed by atoms with E-state index in [1.54, 1.807) is 37.3 Å². The summed E-state index contributed by atoms with van der Waals surface area (Å²) in [5.41, 5.74) is 8.10. The summed E-state index contributed by atoms with van der Waals surface area (Å²) in [7, 11) is 0. The van der Waals surface area contributed by atoms with E-state index in [0.717, 1.165) is 5.56 Å². The van der Waals surface area contributed by atoms with Crippen LogP contribution in [0.3, 0.4) is 0 Å². The third kappa shape index (κ3) is 4.61. The topological polar surface area (TPSA) is 67.5 Å². The highest BCUT2D eigenvalue weighted by Gasteiger charge is 2.30. The van der Waals surface area contributed by atoms with Crippen molar-refractivity contribution in [1.82, 2.24) is 5.32 Å². The summed E-state index contributed by atoms with van der Waals surface area (Å²) in [5.74, 6) is -0.00334. The van der Waals surface area contributed by atoms with Gasteiger partial charge in [0.25, 0.3) is 0 Å². The summed E-state index contributed by atoms with van der Waals surface area (Å²) >= 11 is 26.1. The smallest absolute Gasteiger partial charge is 0.248 e. The Kier molecular flexibility index (Phi) is 6.84. The lowest BCUT2D eigenvalue weighted by atomic mass is 9.96. The highest BCUT2D eigenvalue weighted by molar-refractivity contribution is 8.13. The molecule has 9 heteroatoms. The molecule has 1 aliphatic rings. The Morgan fingerprint density at radius 1 is 1.18 bits per heavy atom. The zero-order valence-electron chi connectivity index (χ0n) is 14.6. The first-order valence-electron chi connectivity index (χ1n) is 8.14. The van der Waals surface area contributed by atoms with Gasteiger partial charge in [-0.05, 0) is 30.7 Å². The molecule has 3 N–H and O–H groups in total. The first-order chi connectivity index (χ1) is 13.3. The fourth-order valence-corrected chi connectivity index (χ4v) is 4.70. The number of carbonyl (C=O) groups is 1. The first kappa shape index (κ1) is 21.3. The predicted octanol–water partition coefficient (Wildman–Crippen LogP) is 5.99. The molecule has 2 aromatic rings. The van der Waals surface area contributed by atoms with E-state index in [1.165, 1.54) is 11.8 Å². The van der Waals surface area contributed by atoms with Crippen molar-refractivity contribution in [2.75, 3.05) is 0 Å². The molecular weight excluding hydrogens is 460 g/mol. The molecule has 0 fully saturated rings. The van der Waals surface area contributed by atoms with Gasteiger partial charge in [-0.1, -0.05) is 76.4 Å². The number of nitrogens with two attached hydrogens (primary N) is 1. The number of nitrogens with one attached hydrogen (secondary N) is 1. The largest absolute Gasteiger partial charge is 0.366 e. The Balaban J connectivity index is 1.93. The maximum Gasteiger partial charge on any atom is 0.248 e. The van der Waals surface area contributed by atoms with Gasteiger partial charge in [0, 0.05) is 27.1 Å². The van der Waals surface area contributed by atoms with E-state index in [0.29, 0.717) is 47.8 Å². The van der Waals surface area contributed by atoms with Gasteiger partial charge < -0.3 is 11.1 Å². The van der Waals surface area contributed by atoms with Crippen LogP contribution in [0.5, 0.6) is 0 Å². The van der Waals surface area contributed by atoms with Crippen LogP contribution in [0.4, 0.5) is 0 Å². The second-order valence-electron chi connectivity index (χ2n) is 6.03. The van der Waals surface area contributed by atoms with Crippen molar-refractivity contribution in [3.05, 3.63) is 78.9 Å². The molecule has 0 saturated carbocycles. The summed E-state index contributed by atoms with van der Waals surface area (Å²) in [4.78, 5) is 16.7. The molecule has 0 unspecified atom stereocenters. The molecule has 1 aliphatic heterocycles. The summed E-state index contributed by atoms with van der Waals surface area (Å²) < 4.78 is 0. The minimum absolute atomic E-state index is 0.344. The second kappa shape index (κ2) is 8.97. The van der Waals surface area contributed by atoms with Crippen molar-refractivity contribution in [3.63, 3.8) is 0 Å². The number of carbonyl (C=O) groups excluding carboxylic acids is 1. The van der Waals surface area contributed by atoms with Gasteiger partial charge in [0.05, 0.1) is 15.6 Å². The number of thioether (sulfide) groups is 1. The minimum atomic E-state index is -0.645. The molecule has 1 heterocycles. The SMILES string of the molecule is CC1=C(C(N)=O)[C@H](c2cccc(Cl)c2Cl)N=C(SCc2ccc(Cl)cc2Cl)N1. The molecule has 28 heavy (non-hydrogen) atoms. The van der Waals surface area contributed by atoms with Gasteiger partial charge in [-0.25, -0.2) is 4.99 Å². The Hall–Kier alpha value is -1.37. The number of allylic oxidation sites excluding steroid dienone is 1. The Labute approximate surface area is 187 Å². The number of amides is 1. The van der Waals surface area contributed by atoms with E-state index in [2.05, 4.69) is 10.3 Å². The fourth-order valence-electron chi connectivity index (χ4n) is 2.78. The molecule has 0 aliphatic carbocycles. The van der Waals surface area contributed by atoms with E-state index >= 15 is 0 Å². The molecule has 1 amide bonds. The third-order valence-corrected chi connectivity index (χ3v) is 6.50. The molecule has 3 rings (SSSR count). The standard InChI is InChI=1S/C19H15Cl4N3OS/c1-9-15(18(24)27)17(12-3-2-4-13(21)16(12)23)26-19(25-9)28-8-10-5-6-11(20)7-14(10)22/h2-7,17H,8H2,1H3,(H2,24,27)(H,25,26)/t17-/m0/s1. The molecule has 4 nitrogen and oxygen atoms in total. The lowest BCUT2D eigenvalue weighted by molar-refractivity contribution is -0.114. The van der Waals surface area contributed by atoms with Crippen molar-refractivity contribution >= 4 is 69.2 Å². The minimum Gasteiger partial charge on any atom is -0.366 e. The lowest BCUT2D eigenvalue weighted by Gasteiger charge is -2.26. The van der Waals surface area contributed by atoms with Crippen LogP contribution in [0.1, 0.15) is 24.1 Å². The van der Waals surface area contributed by atoms with Crippen LogP contribution < -0.4 is 11.1 Å². The summed E-state index contributed by atoms with van der Waals surface area (Å²) in [5, 5.41) is 5.63. The van der Waals surface area contributed by atoms with Crippen molar-refractivity contribution in [2.45, 2.75) is 18.7 Å². The van der Waals surface area contributed by atoms with Crippen molar-refractivity contribution in [1.29, 1.82) is 0 Å². The second-order valence-corrected chi connectivity index (χ2v) is 8.63. The summed E-state index contributed by atoms with van der Waals surface area (Å²) in [6.07, 6.45) is 0. The van der Waals surface area contributed by atoms with Crippen LogP contribution >= 0.6 is 58.2 Å². The van der Waals surface area contributed by atoms with Crippen LogP contribution in [0.2, 0.25) is 20.1 Å². The van der Waals surface area contributed by atoms with Gasteiger partial charge in [-0.2, -0.15) is 0 Å². The van der Waals surface area contributed by atoms with Crippen molar-refractivity contribution in [2.24, 2.45) is 10.7 Å². The van der Waals surface area contributed by atoms with Crippen molar-refractivity contribution < 1.29 is 4.79 Å². The predicted molar refractivity (Wildman–Crippen MR) is 119 cm³/mol. The van der Waals surface area contributed by atoms with Crippen LogP contribution in [0, 0.1) is 0 Å². The molecular formula is C19H15Cl4N3OS. The van der Waals surface area contributed by atoms with E-state index < -0.39 is 11.9 Å². The third-order valence-electron chi connectivity index (χ3n) is 4.14. The summed E-state index contributed by atoms with van der Waals surface area (Å²) in [6.45, 7) is 1.77. The average Bonchev–Trinajstić information content (AvgIpc) is 2.62. The van der Waals surface area contributed by atoms with Crippen LogP contribution in [0.25, 0.3) is 0 Å². The van der Waals surface area contributed by atoms with Crippen LogP contribution in [-0.4, -0.2) is 11.1 Å². The van der Waals surface area contributed by atoms with Crippen LogP contribution in [0.15, 0.2) is 52.7 Å². The van der Waals surface area contributed by atoms with Gasteiger partial charge in [-0.15, -0.1) is 0 Å². The first-order valence-corrected chi connectivity index (χ1v) is 10.6. The van der Waals surface area contributed by atoms with Gasteiger partial charge in [0.2, 0.25) is 5.91 Å². The molecule has 2 aromatic carbocycles. The Morgan fingerprint density at radius 2 is 1.93 bits per heavy atom. The number of rotatable bonds is 4. The highest BCUT2D eigenvalue weighted by atomic mass is 35.5. The Morgan fingerprint density at radius 3 is 2.61 bits per heavy atom. The molecule has 146 valence electrons. The number of aliphatic imine (C=N–C) groups is 1. The average molecular weight is 475 g/mol. The van der Waals surface area contributed by atoms with Crippen LogP contribution in [-0.2, 0) is 10.5 Å². The number of amidine groups is 1. The molecule has 0 spiro atoms. The fraction of sp³-hybridized carbons (Fsp3) is 0.158. The number of nitrogens with zero attached hydrogens (tertiary/aromatic N) is 1. The number of hydrogen-bond acceptors (Lipinski definition) is 4. The van der Waals surface area contributed by atoms with E-state index in [-0.39, 0.29) is 0 Å². The molecule has 0 saturated heterocycles. The summed E-state index contributed by atoms with van der Waals surface area (Å²) in [6, 6.07) is 9.91. The number of halogens is 4. The Bertz CT molecular complexity index is 1010. The number of hydrogen-bond donors (Lipinski definition) is 2. The monoisotopic (exact) mass is 473 g/mol. The van der Waals surface area contributed by atoms with E-state index in [4.69, 9.17) is 52.1 Å². The maximum absolute atomic E-state index is 12.0. The van der Waals surface area contributed by atoms with Gasteiger partial charge in [0.15, 0.2) is 5.17 Å². The normalized spacial score (nSPS) is 16.6. The van der Waals surface area contributed by atoms with Gasteiger partial charge in [-0.3, -0.25) is 4.79 Å². The maximum atomic E-state index is 12.0. The van der Waals surface area contributed by atoms with Gasteiger partial charge in [0.1, 0.15) is 6.04 Å². The number of benzene rings is 2. The highest BCUT2D eigenvalue weighted by Crippen LogP contribution is 2.38. The zero-order chi connectivity index (χ0) is 20.4. The van der Waals surface area contributed by atoms with Gasteiger partial charge >= 0.3 is 0 Å². The van der Waals surface area contributed by atoms with Crippen molar-refractivity contribution in [3.8, 4) is 0 Å². The van der Waals surface area contributed by atoms with E-state index in [1.807, 2.05) is 6.07 Å². The molecule has 0 bridgehead atoms.